The molecule has 0 fully saturated rings. The first-order valence-corrected chi connectivity index (χ1v) is 9.07. The molecular weight excluding hydrogens is 330 g/mol. The smallest absolute Gasteiger partial charge is 0.255 e. The summed E-state index contributed by atoms with van der Waals surface area (Å²) >= 11 is 1.66. The van der Waals surface area contributed by atoms with Crippen molar-refractivity contribution in [1.29, 1.82) is 0 Å². The number of nitrogens with two attached hydrogens (primary N) is 1. The van der Waals surface area contributed by atoms with Crippen LogP contribution in [0.25, 0.3) is 10.4 Å². The molecule has 126 valence electrons. The zero-order valence-electron chi connectivity index (χ0n) is 14.0. The van der Waals surface area contributed by atoms with E-state index < -0.39 is 0 Å². The topological polar surface area (TPSA) is 58.4 Å². The Morgan fingerprint density at radius 3 is 2.96 bits per heavy atom. The maximum atomic E-state index is 12.7. The van der Waals surface area contributed by atoms with Gasteiger partial charge in [-0.2, -0.15) is 0 Å². The van der Waals surface area contributed by atoms with E-state index in [0.717, 1.165) is 29.1 Å². The lowest BCUT2D eigenvalue weighted by atomic mass is 9.99. The first-order chi connectivity index (χ1) is 12.1. The van der Waals surface area contributed by atoms with Crippen LogP contribution in [0.1, 0.15) is 6.42 Å². The van der Waals surface area contributed by atoms with Crippen LogP contribution in [0, 0.1) is 0 Å². The zero-order valence-corrected chi connectivity index (χ0v) is 14.8. The molecular formula is C20H19N3OS. The number of benzene rings is 1. The molecule has 2 heterocycles. The van der Waals surface area contributed by atoms with E-state index >= 15 is 0 Å². The Balaban J connectivity index is 1.57. The van der Waals surface area contributed by atoms with Crippen molar-refractivity contribution in [3.63, 3.8) is 0 Å². The van der Waals surface area contributed by atoms with Gasteiger partial charge in [-0.1, -0.05) is 24.3 Å². The third kappa shape index (κ3) is 2.98. The highest BCUT2D eigenvalue weighted by molar-refractivity contribution is 7.13. The van der Waals surface area contributed by atoms with E-state index in [9.17, 15) is 4.79 Å². The summed E-state index contributed by atoms with van der Waals surface area (Å²) in [5, 5.41) is 5.00. The molecule has 0 spiro atoms. The van der Waals surface area contributed by atoms with Crippen LogP contribution in [-0.2, 0) is 4.79 Å². The Kier molecular flexibility index (Phi) is 3.93. The predicted octanol–water partition coefficient (Wildman–Crippen LogP) is 4.02. The standard InChI is InChI=1S/C20H19N3OS/c1-23-9-8-13-4-5-15(12-18(13)23)20(24)22-17-11-14(6-7-16(17)21)19-3-2-10-25-19/h2-3,5-8,10-12H,4,9,21H2,1H3,(H,22,24). The number of likely N-dealkylation sites (N-methyl/N-ethyl adjacent to an activating group) is 1. The van der Waals surface area contributed by atoms with E-state index in [1.807, 2.05) is 48.8 Å². The Labute approximate surface area is 151 Å². The minimum atomic E-state index is -0.123. The van der Waals surface area contributed by atoms with Crippen LogP contribution in [0.15, 0.2) is 70.8 Å². The molecule has 0 bridgehead atoms. The number of nitrogens with one attached hydrogen (secondary N) is 1. The van der Waals surface area contributed by atoms with Crippen molar-refractivity contribution in [2.75, 3.05) is 24.6 Å². The third-order valence-corrected chi connectivity index (χ3v) is 5.47. The van der Waals surface area contributed by atoms with Gasteiger partial charge in [-0.05, 0) is 47.2 Å². The maximum Gasteiger partial charge on any atom is 0.255 e. The van der Waals surface area contributed by atoms with Crippen molar-refractivity contribution in [2.24, 2.45) is 0 Å². The number of hydrogen-bond acceptors (Lipinski definition) is 4. The van der Waals surface area contributed by atoms with Gasteiger partial charge >= 0.3 is 0 Å². The van der Waals surface area contributed by atoms with Crippen LogP contribution in [0.2, 0.25) is 0 Å². The lowest BCUT2D eigenvalue weighted by molar-refractivity contribution is -0.112. The highest BCUT2D eigenvalue weighted by Crippen LogP contribution is 2.32. The first kappa shape index (κ1) is 15.7. The van der Waals surface area contributed by atoms with Gasteiger partial charge in [-0.25, -0.2) is 0 Å². The molecule has 3 N–H and O–H groups in total. The number of anilines is 2. The molecule has 25 heavy (non-hydrogen) atoms. The van der Waals surface area contributed by atoms with E-state index in [2.05, 4.69) is 22.4 Å². The fraction of sp³-hybridized carbons (Fsp3) is 0.150. The van der Waals surface area contributed by atoms with E-state index in [1.165, 1.54) is 5.57 Å². The monoisotopic (exact) mass is 349 g/mol. The van der Waals surface area contributed by atoms with E-state index in [1.54, 1.807) is 11.3 Å². The number of rotatable bonds is 3. The molecule has 2 aromatic rings. The average Bonchev–Trinajstić information content (AvgIpc) is 3.27. The summed E-state index contributed by atoms with van der Waals surface area (Å²) in [7, 11) is 2.04. The second-order valence-electron chi connectivity index (χ2n) is 6.24. The van der Waals surface area contributed by atoms with Gasteiger partial charge in [0, 0.05) is 29.7 Å². The second kappa shape index (κ2) is 6.26. The summed E-state index contributed by atoms with van der Waals surface area (Å²) in [6.45, 7) is 0.902. The molecule has 0 atom stereocenters. The SMILES string of the molecule is CN1CC=C2CC=C(C(=O)Nc3cc(-c4cccs4)ccc3N)C=C21. The van der Waals surface area contributed by atoms with Gasteiger partial charge in [0.05, 0.1) is 11.4 Å². The van der Waals surface area contributed by atoms with Crippen LogP contribution < -0.4 is 11.1 Å². The quantitative estimate of drug-likeness (QED) is 0.823. The molecule has 4 rings (SSSR count). The average molecular weight is 349 g/mol. The summed E-state index contributed by atoms with van der Waals surface area (Å²) < 4.78 is 0. The molecule has 1 amide bonds. The van der Waals surface area contributed by atoms with Crippen molar-refractivity contribution in [3.05, 3.63) is 70.8 Å². The van der Waals surface area contributed by atoms with Crippen LogP contribution >= 0.6 is 11.3 Å². The van der Waals surface area contributed by atoms with Crippen LogP contribution in [0.3, 0.4) is 0 Å². The van der Waals surface area contributed by atoms with Crippen molar-refractivity contribution < 1.29 is 4.79 Å². The molecule has 0 saturated heterocycles. The van der Waals surface area contributed by atoms with Gasteiger partial charge in [0.15, 0.2) is 0 Å². The Bertz CT molecular complexity index is 922. The van der Waals surface area contributed by atoms with Crippen molar-refractivity contribution >= 4 is 28.6 Å². The van der Waals surface area contributed by atoms with Crippen LogP contribution in [-0.4, -0.2) is 24.4 Å². The molecule has 1 aromatic heterocycles. The van der Waals surface area contributed by atoms with E-state index in [4.69, 9.17) is 5.73 Å². The Hall–Kier alpha value is -2.79. The fourth-order valence-electron chi connectivity index (χ4n) is 3.13. The predicted molar refractivity (Wildman–Crippen MR) is 104 cm³/mol. The van der Waals surface area contributed by atoms with Crippen LogP contribution in [0.4, 0.5) is 11.4 Å². The summed E-state index contributed by atoms with van der Waals surface area (Å²) in [5.41, 5.74) is 11.4. The Morgan fingerprint density at radius 2 is 2.16 bits per heavy atom. The lowest BCUT2D eigenvalue weighted by Crippen LogP contribution is -2.19. The van der Waals surface area contributed by atoms with Crippen molar-refractivity contribution in [2.45, 2.75) is 6.42 Å². The number of nitrogens with zero attached hydrogens (tertiary/aromatic N) is 1. The number of hydrogen-bond donors (Lipinski definition) is 2. The van der Waals surface area contributed by atoms with Gasteiger partial charge in [0.1, 0.15) is 0 Å². The number of carbonyl (C=O) groups excluding carboxylic acids is 1. The van der Waals surface area contributed by atoms with Crippen molar-refractivity contribution in [3.8, 4) is 10.4 Å². The normalized spacial score (nSPS) is 16.0. The molecule has 4 nitrogen and oxygen atoms in total. The number of amides is 1. The van der Waals surface area contributed by atoms with Crippen molar-refractivity contribution in [1.82, 2.24) is 4.90 Å². The first-order valence-electron chi connectivity index (χ1n) is 8.19. The van der Waals surface area contributed by atoms with Crippen LogP contribution in [0.5, 0.6) is 0 Å². The van der Waals surface area contributed by atoms with E-state index in [0.29, 0.717) is 16.9 Å². The second-order valence-corrected chi connectivity index (χ2v) is 7.18. The van der Waals surface area contributed by atoms with E-state index in [-0.39, 0.29) is 5.91 Å². The largest absolute Gasteiger partial charge is 0.397 e. The number of nitrogen functional groups attached to an aromatic ring is 1. The molecule has 5 heteroatoms. The number of carbonyl (C=O) groups is 1. The highest BCUT2D eigenvalue weighted by atomic mass is 32.1. The third-order valence-electron chi connectivity index (χ3n) is 4.56. The van der Waals surface area contributed by atoms with Gasteiger partial charge in [-0.3, -0.25) is 4.79 Å². The van der Waals surface area contributed by atoms with Gasteiger partial charge < -0.3 is 16.0 Å². The van der Waals surface area contributed by atoms with Gasteiger partial charge in [0.2, 0.25) is 0 Å². The highest BCUT2D eigenvalue weighted by Gasteiger charge is 2.22. The molecule has 0 radical (unpaired) electrons. The number of fused-ring (bicyclic) bond motifs is 1. The minimum Gasteiger partial charge on any atom is -0.397 e. The number of thiophene rings is 1. The molecule has 2 aliphatic rings. The molecule has 1 aliphatic carbocycles. The molecule has 0 saturated carbocycles. The minimum absolute atomic E-state index is 0.123. The molecule has 0 unspecified atom stereocenters. The van der Waals surface area contributed by atoms with Gasteiger partial charge in [-0.15, -0.1) is 11.3 Å². The zero-order chi connectivity index (χ0) is 17.4. The number of allylic oxidation sites excluding steroid dienone is 2. The summed E-state index contributed by atoms with van der Waals surface area (Å²) in [4.78, 5) is 16.0. The fourth-order valence-corrected chi connectivity index (χ4v) is 3.85. The molecule has 1 aliphatic heterocycles. The molecule has 1 aromatic carbocycles. The Morgan fingerprint density at radius 1 is 1.28 bits per heavy atom. The summed E-state index contributed by atoms with van der Waals surface area (Å²) in [5.74, 6) is -0.123. The lowest BCUT2D eigenvalue weighted by Gasteiger charge is -2.20. The van der Waals surface area contributed by atoms with Gasteiger partial charge in [0.25, 0.3) is 5.91 Å². The summed E-state index contributed by atoms with van der Waals surface area (Å²) in [6, 6.07) is 9.81. The summed E-state index contributed by atoms with van der Waals surface area (Å²) in [6.07, 6.45) is 6.93. The maximum absolute atomic E-state index is 12.7.